The van der Waals surface area contributed by atoms with E-state index >= 15 is 0 Å². The van der Waals surface area contributed by atoms with Gasteiger partial charge in [0.25, 0.3) is 0 Å². The van der Waals surface area contributed by atoms with Crippen molar-refractivity contribution in [3.63, 3.8) is 0 Å². The summed E-state index contributed by atoms with van der Waals surface area (Å²) >= 11 is 5.08. The van der Waals surface area contributed by atoms with Gasteiger partial charge < -0.3 is 9.72 Å². The van der Waals surface area contributed by atoms with E-state index in [9.17, 15) is 0 Å². The van der Waals surface area contributed by atoms with Crippen LogP contribution in [0.2, 0.25) is 0 Å². The highest BCUT2D eigenvalue weighted by Gasteiger charge is 1.98. The number of rotatable bonds is 2. The topological polar surface area (TPSA) is 42.8 Å². The van der Waals surface area contributed by atoms with Gasteiger partial charge in [0.15, 0.2) is 4.77 Å². The Bertz CT molecular complexity index is 471. The van der Waals surface area contributed by atoms with Gasteiger partial charge >= 0.3 is 0 Å². The molecule has 1 N–H and O–H groups in total. The lowest BCUT2D eigenvalue weighted by Crippen LogP contribution is -1.94. The molecule has 4 nitrogen and oxygen atoms in total. The molecule has 2 aromatic heterocycles. The van der Waals surface area contributed by atoms with Crippen LogP contribution in [0.4, 0.5) is 0 Å². The van der Waals surface area contributed by atoms with Gasteiger partial charge in [0.05, 0.1) is 19.0 Å². The molecule has 0 saturated carbocycles. The molecule has 0 bridgehead atoms. The van der Waals surface area contributed by atoms with Gasteiger partial charge in [-0.25, -0.2) is 4.98 Å². The maximum Gasteiger partial charge on any atom is 0.213 e. The molecule has 0 saturated heterocycles. The molecule has 2 rings (SSSR count). The molecule has 0 fully saturated rings. The Morgan fingerprint density at radius 2 is 2.36 bits per heavy atom. The fraction of sp³-hybridized carbons (Fsp3) is 0.111. The zero-order valence-corrected chi connectivity index (χ0v) is 8.41. The highest BCUT2D eigenvalue weighted by atomic mass is 32.1. The third kappa shape index (κ3) is 1.54. The molecule has 72 valence electrons. The average Bonchev–Trinajstić information content (AvgIpc) is 2.65. The molecule has 0 spiro atoms. The molecule has 0 unspecified atom stereocenters. The smallest absolute Gasteiger partial charge is 0.213 e. The quantitative estimate of drug-likeness (QED) is 0.765. The summed E-state index contributed by atoms with van der Waals surface area (Å²) in [6, 6.07) is 3.69. The van der Waals surface area contributed by atoms with Crippen molar-refractivity contribution in [3.05, 3.63) is 35.5 Å². The van der Waals surface area contributed by atoms with Crippen LogP contribution in [0, 0.1) is 4.77 Å². The second-order valence-electron chi connectivity index (χ2n) is 2.69. The minimum absolute atomic E-state index is 0.593. The van der Waals surface area contributed by atoms with E-state index in [1.165, 1.54) is 0 Å². The van der Waals surface area contributed by atoms with Crippen LogP contribution in [0.3, 0.4) is 0 Å². The van der Waals surface area contributed by atoms with Crippen molar-refractivity contribution in [2.75, 3.05) is 7.11 Å². The Morgan fingerprint density at radius 3 is 2.86 bits per heavy atom. The second kappa shape index (κ2) is 3.63. The molecule has 0 atom stereocenters. The van der Waals surface area contributed by atoms with Crippen molar-refractivity contribution in [3.8, 4) is 11.6 Å². The number of imidazole rings is 1. The van der Waals surface area contributed by atoms with Crippen molar-refractivity contribution in [1.29, 1.82) is 0 Å². The first kappa shape index (κ1) is 8.96. The fourth-order valence-electron chi connectivity index (χ4n) is 1.16. The zero-order valence-electron chi connectivity index (χ0n) is 7.60. The largest absolute Gasteiger partial charge is 0.481 e. The highest BCUT2D eigenvalue weighted by Crippen LogP contribution is 2.10. The van der Waals surface area contributed by atoms with Gasteiger partial charge in [-0.3, -0.25) is 4.57 Å². The van der Waals surface area contributed by atoms with Crippen LogP contribution in [0.25, 0.3) is 5.69 Å². The predicted molar refractivity (Wildman–Crippen MR) is 55.3 cm³/mol. The van der Waals surface area contributed by atoms with Gasteiger partial charge in [-0.05, 0) is 18.3 Å². The third-order valence-corrected chi connectivity index (χ3v) is 2.17. The lowest BCUT2D eigenvalue weighted by Gasteiger charge is -2.02. The monoisotopic (exact) mass is 207 g/mol. The number of aromatic amines is 1. The predicted octanol–water partition coefficient (Wildman–Crippen LogP) is 1.94. The minimum atomic E-state index is 0.593. The van der Waals surface area contributed by atoms with Crippen LogP contribution in [0.1, 0.15) is 0 Å². The molecule has 0 radical (unpaired) electrons. The van der Waals surface area contributed by atoms with Gasteiger partial charge in [-0.2, -0.15) is 0 Å². The van der Waals surface area contributed by atoms with E-state index in [0.29, 0.717) is 10.7 Å². The number of hydrogen-bond acceptors (Lipinski definition) is 3. The number of pyridine rings is 1. The Kier molecular flexibility index (Phi) is 2.32. The molecule has 0 aliphatic rings. The number of ether oxygens (including phenoxy) is 1. The number of nitrogens with zero attached hydrogens (tertiary/aromatic N) is 2. The summed E-state index contributed by atoms with van der Waals surface area (Å²) in [5.41, 5.74) is 0.914. The molecule has 0 aliphatic carbocycles. The molecule has 14 heavy (non-hydrogen) atoms. The van der Waals surface area contributed by atoms with E-state index in [1.807, 2.05) is 16.8 Å². The summed E-state index contributed by atoms with van der Waals surface area (Å²) in [7, 11) is 1.59. The summed E-state index contributed by atoms with van der Waals surface area (Å²) in [5, 5.41) is 0. The van der Waals surface area contributed by atoms with E-state index < -0.39 is 0 Å². The highest BCUT2D eigenvalue weighted by molar-refractivity contribution is 7.71. The first-order valence-corrected chi connectivity index (χ1v) is 4.48. The maximum absolute atomic E-state index is 5.08. The first-order valence-electron chi connectivity index (χ1n) is 4.08. The van der Waals surface area contributed by atoms with E-state index in [2.05, 4.69) is 9.97 Å². The standard InChI is InChI=1S/C9H9N3OS/c1-13-8-3-2-7(6-11-8)12-5-4-10-9(12)14/h2-6H,1H3,(H,10,14). The Morgan fingerprint density at radius 1 is 1.50 bits per heavy atom. The van der Waals surface area contributed by atoms with E-state index in [1.54, 1.807) is 25.6 Å². The summed E-state index contributed by atoms with van der Waals surface area (Å²) in [5.74, 6) is 0.593. The zero-order chi connectivity index (χ0) is 9.97. The number of H-pyrrole nitrogens is 1. The van der Waals surface area contributed by atoms with Crippen molar-refractivity contribution in [2.24, 2.45) is 0 Å². The summed E-state index contributed by atoms with van der Waals surface area (Å²) in [6.07, 6.45) is 5.35. The SMILES string of the molecule is COc1ccc(-n2cc[nH]c2=S)cn1. The number of hydrogen-bond donors (Lipinski definition) is 1. The fourth-order valence-corrected chi connectivity index (χ4v) is 1.39. The molecule has 0 aliphatic heterocycles. The molecule has 0 aromatic carbocycles. The van der Waals surface area contributed by atoms with Crippen LogP contribution < -0.4 is 4.74 Å². The van der Waals surface area contributed by atoms with Crippen LogP contribution in [0.5, 0.6) is 5.88 Å². The molecular weight excluding hydrogens is 198 g/mol. The summed E-state index contributed by atoms with van der Waals surface area (Å²) < 4.78 is 7.45. The van der Waals surface area contributed by atoms with Crippen LogP contribution in [0.15, 0.2) is 30.7 Å². The normalized spacial score (nSPS) is 10.1. The van der Waals surface area contributed by atoms with Crippen molar-refractivity contribution < 1.29 is 4.74 Å². The lowest BCUT2D eigenvalue weighted by atomic mass is 10.4. The van der Waals surface area contributed by atoms with E-state index in [-0.39, 0.29) is 0 Å². The number of nitrogens with one attached hydrogen (secondary N) is 1. The van der Waals surface area contributed by atoms with E-state index in [4.69, 9.17) is 17.0 Å². The molecule has 2 aromatic rings. The Hall–Kier alpha value is -1.62. The van der Waals surface area contributed by atoms with Crippen LogP contribution >= 0.6 is 12.2 Å². The van der Waals surface area contributed by atoms with Crippen molar-refractivity contribution >= 4 is 12.2 Å². The molecular formula is C9H9N3OS. The summed E-state index contributed by atoms with van der Waals surface area (Å²) in [4.78, 5) is 7.01. The second-order valence-corrected chi connectivity index (χ2v) is 3.08. The van der Waals surface area contributed by atoms with Gasteiger partial charge in [0.1, 0.15) is 0 Å². The van der Waals surface area contributed by atoms with Crippen molar-refractivity contribution in [1.82, 2.24) is 14.5 Å². The Balaban J connectivity index is 2.44. The number of methoxy groups -OCH3 is 1. The lowest BCUT2D eigenvalue weighted by molar-refractivity contribution is 0.398. The molecule has 0 amide bonds. The number of aromatic nitrogens is 3. The molecule has 5 heteroatoms. The van der Waals surface area contributed by atoms with Gasteiger partial charge in [0, 0.05) is 18.5 Å². The van der Waals surface area contributed by atoms with Gasteiger partial charge in [-0.15, -0.1) is 0 Å². The minimum Gasteiger partial charge on any atom is -0.481 e. The van der Waals surface area contributed by atoms with Crippen LogP contribution in [-0.4, -0.2) is 21.6 Å². The van der Waals surface area contributed by atoms with E-state index in [0.717, 1.165) is 5.69 Å². The first-order chi connectivity index (χ1) is 6.81. The summed E-state index contributed by atoms with van der Waals surface area (Å²) in [6.45, 7) is 0. The average molecular weight is 207 g/mol. The van der Waals surface area contributed by atoms with Gasteiger partial charge in [-0.1, -0.05) is 0 Å². The van der Waals surface area contributed by atoms with Crippen molar-refractivity contribution in [2.45, 2.75) is 0 Å². The third-order valence-electron chi connectivity index (χ3n) is 1.86. The Labute approximate surface area is 86.2 Å². The van der Waals surface area contributed by atoms with Gasteiger partial charge in [0.2, 0.25) is 5.88 Å². The van der Waals surface area contributed by atoms with Crippen LogP contribution in [-0.2, 0) is 0 Å². The molecule has 2 heterocycles. The maximum atomic E-state index is 5.08.